The van der Waals surface area contributed by atoms with Gasteiger partial charge in [-0.3, -0.25) is 13.9 Å². The number of ether oxygens (including phenoxy) is 1. The summed E-state index contributed by atoms with van der Waals surface area (Å²) in [6, 6.07) is 26.0. The summed E-state index contributed by atoms with van der Waals surface area (Å²) in [5.41, 5.74) is 1.63. The van der Waals surface area contributed by atoms with E-state index in [0.29, 0.717) is 28.0 Å². The monoisotopic (exact) mass is 727 g/mol. The van der Waals surface area contributed by atoms with Crippen molar-refractivity contribution in [2.45, 2.75) is 55.6 Å². The molecule has 0 aliphatic heterocycles. The molecule has 1 atom stereocenters. The van der Waals surface area contributed by atoms with Gasteiger partial charge >= 0.3 is 0 Å². The first kappa shape index (κ1) is 37.1. The van der Waals surface area contributed by atoms with Crippen LogP contribution in [-0.4, -0.2) is 56.6 Å². The van der Waals surface area contributed by atoms with Gasteiger partial charge in [-0.15, -0.1) is 11.8 Å². The lowest BCUT2D eigenvalue weighted by molar-refractivity contribution is -0.140. The molecule has 12 heteroatoms. The molecule has 0 saturated carbocycles. The first-order valence-corrected chi connectivity index (χ1v) is 18.8. The number of sulfonamides is 1. The third-order valence-electron chi connectivity index (χ3n) is 7.42. The van der Waals surface area contributed by atoms with Crippen molar-refractivity contribution in [2.75, 3.05) is 23.7 Å². The van der Waals surface area contributed by atoms with Gasteiger partial charge in [-0.1, -0.05) is 59.6 Å². The molecule has 0 fully saturated rings. The van der Waals surface area contributed by atoms with Crippen LogP contribution in [0.3, 0.4) is 0 Å². The van der Waals surface area contributed by atoms with Crippen LogP contribution in [0.25, 0.3) is 0 Å². The van der Waals surface area contributed by atoms with E-state index in [9.17, 15) is 18.0 Å². The lowest BCUT2D eigenvalue weighted by Gasteiger charge is -2.34. The number of rotatable bonds is 15. The summed E-state index contributed by atoms with van der Waals surface area (Å²) in [7, 11) is -4.25. The Balaban J connectivity index is 1.82. The number of thioether (sulfide) groups is 1. The normalized spacial score (nSPS) is 12.0. The summed E-state index contributed by atoms with van der Waals surface area (Å²) in [6.45, 7) is 5.30. The van der Waals surface area contributed by atoms with Gasteiger partial charge in [0.15, 0.2) is 0 Å². The lowest BCUT2D eigenvalue weighted by Crippen LogP contribution is -2.54. The van der Waals surface area contributed by atoms with Crippen LogP contribution in [0.1, 0.15) is 31.9 Å². The summed E-state index contributed by atoms with van der Waals surface area (Å²) in [4.78, 5) is 30.8. The maximum Gasteiger partial charge on any atom is 0.264 e. The first-order chi connectivity index (χ1) is 22.9. The minimum absolute atomic E-state index is 0.0210. The minimum Gasteiger partial charge on any atom is -0.494 e. The van der Waals surface area contributed by atoms with Crippen LogP contribution < -0.4 is 14.4 Å². The van der Waals surface area contributed by atoms with Gasteiger partial charge in [-0.2, -0.15) is 0 Å². The molecule has 4 rings (SSSR count). The van der Waals surface area contributed by atoms with Crippen molar-refractivity contribution in [3.8, 4) is 5.75 Å². The van der Waals surface area contributed by atoms with E-state index in [1.165, 1.54) is 28.8 Å². The Hall–Kier alpha value is -3.70. The van der Waals surface area contributed by atoms with Gasteiger partial charge < -0.3 is 15.0 Å². The van der Waals surface area contributed by atoms with E-state index in [1.54, 1.807) is 54.6 Å². The fourth-order valence-corrected chi connectivity index (χ4v) is 7.34. The molecule has 4 aromatic rings. The zero-order valence-electron chi connectivity index (χ0n) is 27.2. The highest BCUT2D eigenvalue weighted by Crippen LogP contribution is 2.29. The van der Waals surface area contributed by atoms with Gasteiger partial charge in [0.05, 0.1) is 17.2 Å². The predicted octanol–water partition coefficient (Wildman–Crippen LogP) is 7.47. The number of hydrogen-bond acceptors (Lipinski definition) is 6. The molecular weight excluding hydrogens is 689 g/mol. The van der Waals surface area contributed by atoms with Crippen molar-refractivity contribution >= 4 is 62.5 Å². The van der Waals surface area contributed by atoms with E-state index < -0.39 is 28.5 Å². The van der Waals surface area contributed by atoms with Gasteiger partial charge in [0.25, 0.3) is 10.0 Å². The van der Waals surface area contributed by atoms with Crippen molar-refractivity contribution in [3.63, 3.8) is 0 Å². The highest BCUT2D eigenvalue weighted by Gasteiger charge is 2.35. The molecule has 0 heterocycles. The molecule has 0 aromatic heterocycles. The number of halogens is 2. The summed E-state index contributed by atoms with van der Waals surface area (Å²) >= 11 is 14.2. The van der Waals surface area contributed by atoms with Gasteiger partial charge in [-0.05, 0) is 98.8 Å². The van der Waals surface area contributed by atoms with Crippen molar-refractivity contribution < 1.29 is 22.7 Å². The second kappa shape index (κ2) is 17.1. The standard InChI is InChI=1S/C36H39Cl2N3O5S2/c1-5-46-30-15-13-29(14-16-30)41(48(44,45)32-19-17-31(47-4)18-20-32)24-35(42)40(23-27-11-12-28(37)22-33(27)38)34(36(43)39-25(2)3)21-26-9-7-6-8-10-26/h6-20,22,25,34H,5,21,23-24H2,1-4H3,(H,39,43)/t34-/m0/s1. The van der Waals surface area contributed by atoms with Crippen molar-refractivity contribution in [1.82, 2.24) is 10.2 Å². The van der Waals surface area contributed by atoms with E-state index in [2.05, 4.69) is 5.32 Å². The first-order valence-electron chi connectivity index (χ1n) is 15.4. The third-order valence-corrected chi connectivity index (χ3v) is 10.5. The minimum atomic E-state index is -4.25. The molecule has 0 bridgehead atoms. The van der Waals surface area contributed by atoms with Crippen LogP contribution in [0.5, 0.6) is 5.75 Å². The molecule has 0 saturated heterocycles. The topological polar surface area (TPSA) is 96.0 Å². The maximum atomic E-state index is 14.6. The van der Waals surface area contributed by atoms with Gasteiger partial charge in [0.2, 0.25) is 11.8 Å². The van der Waals surface area contributed by atoms with Gasteiger partial charge in [0, 0.05) is 33.9 Å². The highest BCUT2D eigenvalue weighted by molar-refractivity contribution is 7.98. The van der Waals surface area contributed by atoms with Crippen LogP contribution in [0.15, 0.2) is 107 Å². The van der Waals surface area contributed by atoms with Crippen molar-refractivity contribution in [1.29, 1.82) is 0 Å². The molecule has 4 aromatic carbocycles. The summed E-state index contributed by atoms with van der Waals surface area (Å²) < 4.78 is 35.2. The molecular formula is C36H39Cl2N3O5S2. The smallest absolute Gasteiger partial charge is 0.264 e. The zero-order chi connectivity index (χ0) is 34.8. The highest BCUT2D eigenvalue weighted by atomic mass is 35.5. The van der Waals surface area contributed by atoms with Gasteiger partial charge in [-0.25, -0.2) is 8.42 Å². The SMILES string of the molecule is CCOc1ccc(N(CC(=O)N(Cc2ccc(Cl)cc2Cl)[C@@H](Cc2ccccc2)C(=O)NC(C)C)S(=O)(=O)c2ccc(SC)cc2)cc1. The Morgan fingerprint density at radius 3 is 2.17 bits per heavy atom. The van der Waals surface area contributed by atoms with Crippen LogP contribution in [-0.2, 0) is 32.6 Å². The Morgan fingerprint density at radius 1 is 0.917 bits per heavy atom. The summed E-state index contributed by atoms with van der Waals surface area (Å²) in [6.07, 6.45) is 2.08. The summed E-state index contributed by atoms with van der Waals surface area (Å²) in [5, 5.41) is 3.67. The molecule has 8 nitrogen and oxygen atoms in total. The largest absolute Gasteiger partial charge is 0.494 e. The molecule has 0 spiro atoms. The number of benzene rings is 4. The number of amides is 2. The number of nitrogens with one attached hydrogen (secondary N) is 1. The lowest BCUT2D eigenvalue weighted by atomic mass is 10.0. The molecule has 0 unspecified atom stereocenters. The number of anilines is 1. The Kier molecular flexibility index (Phi) is 13.2. The van der Waals surface area contributed by atoms with Crippen molar-refractivity contribution in [3.05, 3.63) is 118 Å². The number of carbonyl (C=O) groups is 2. The van der Waals surface area contributed by atoms with Crippen LogP contribution in [0.4, 0.5) is 5.69 Å². The second-order valence-electron chi connectivity index (χ2n) is 11.2. The number of nitrogens with zero attached hydrogens (tertiary/aromatic N) is 2. The van der Waals surface area contributed by atoms with E-state index in [-0.39, 0.29) is 35.5 Å². The third kappa shape index (κ3) is 9.69. The molecule has 0 radical (unpaired) electrons. The molecule has 254 valence electrons. The molecule has 0 aliphatic rings. The van der Waals surface area contributed by atoms with E-state index in [0.717, 1.165) is 14.8 Å². The van der Waals surface area contributed by atoms with E-state index >= 15 is 0 Å². The van der Waals surface area contributed by atoms with Gasteiger partial charge in [0.1, 0.15) is 18.3 Å². The second-order valence-corrected chi connectivity index (χ2v) is 14.8. The fourth-order valence-electron chi connectivity index (χ4n) is 5.05. The van der Waals surface area contributed by atoms with Crippen LogP contribution in [0, 0.1) is 0 Å². The number of carbonyl (C=O) groups excluding carboxylic acids is 2. The quantitative estimate of drug-likeness (QED) is 0.128. The number of hydrogen-bond donors (Lipinski definition) is 1. The Bertz CT molecular complexity index is 1790. The summed E-state index contributed by atoms with van der Waals surface area (Å²) in [5.74, 6) is -0.420. The molecule has 1 N–H and O–H groups in total. The van der Waals surface area contributed by atoms with Crippen LogP contribution in [0.2, 0.25) is 10.0 Å². The van der Waals surface area contributed by atoms with E-state index in [4.69, 9.17) is 27.9 Å². The molecule has 2 amide bonds. The van der Waals surface area contributed by atoms with E-state index in [1.807, 2.05) is 57.4 Å². The predicted molar refractivity (Wildman–Crippen MR) is 195 cm³/mol. The molecule has 48 heavy (non-hydrogen) atoms. The van der Waals surface area contributed by atoms with Crippen LogP contribution >= 0.6 is 35.0 Å². The molecule has 0 aliphatic carbocycles. The maximum absolute atomic E-state index is 14.6. The average molecular weight is 729 g/mol. The average Bonchev–Trinajstić information content (AvgIpc) is 3.06. The fraction of sp³-hybridized carbons (Fsp3) is 0.278. The Morgan fingerprint density at radius 2 is 1.58 bits per heavy atom. The Labute approximate surface area is 297 Å². The van der Waals surface area contributed by atoms with Crippen molar-refractivity contribution in [2.24, 2.45) is 0 Å². The zero-order valence-corrected chi connectivity index (χ0v) is 30.4.